The Bertz CT molecular complexity index is 1940. The number of piperidine rings is 2. The third kappa shape index (κ3) is 8.70. The van der Waals surface area contributed by atoms with Gasteiger partial charge in [0.25, 0.3) is 5.91 Å². The van der Waals surface area contributed by atoms with Crippen molar-refractivity contribution < 1.29 is 32.0 Å². The predicted octanol–water partition coefficient (Wildman–Crippen LogP) is 7.32. The molecule has 1 aromatic heterocycles. The summed E-state index contributed by atoms with van der Waals surface area (Å²) in [4.78, 5) is 56.3. The van der Waals surface area contributed by atoms with Crippen LogP contribution in [0.25, 0.3) is 11.0 Å². The topological polar surface area (TPSA) is 99.9 Å². The molecule has 4 aromatic rings. The SMILES string of the molecule is O=C(N[C@@H](Cc1ccc(Cl)cc1)C(=O)N1CCC(c2ccccc2CN2CCCCC2=O)CC1)c1cc(=O)c2cc(SC(F)(F)F)ccc2o1. The molecule has 50 heavy (non-hydrogen) atoms. The number of nitrogens with zero attached hydrogens (tertiary/aromatic N) is 2. The number of hydrogen-bond acceptors (Lipinski definition) is 6. The number of carbonyl (C=O) groups is 3. The molecule has 3 amide bonds. The number of benzene rings is 3. The molecule has 2 saturated heterocycles. The molecule has 8 nitrogen and oxygen atoms in total. The number of likely N-dealkylation sites (tertiary alicyclic amines) is 2. The Balaban J connectivity index is 1.17. The van der Waals surface area contributed by atoms with Crippen molar-refractivity contribution in [2.45, 2.75) is 67.4 Å². The molecular weight excluding hydrogens is 691 g/mol. The number of hydrogen-bond donors (Lipinski definition) is 1. The van der Waals surface area contributed by atoms with Gasteiger partial charge in [0.05, 0.1) is 5.39 Å². The van der Waals surface area contributed by atoms with Crippen LogP contribution in [-0.2, 0) is 22.6 Å². The van der Waals surface area contributed by atoms with Crippen LogP contribution in [-0.4, -0.2) is 58.7 Å². The fourth-order valence-corrected chi connectivity index (χ4v) is 7.38. The first-order valence-corrected chi connectivity index (χ1v) is 17.7. The molecule has 0 spiro atoms. The third-order valence-corrected chi connectivity index (χ3v) is 10.2. The molecule has 13 heteroatoms. The molecule has 0 aliphatic carbocycles. The van der Waals surface area contributed by atoms with Crippen molar-refractivity contribution in [3.05, 3.63) is 110 Å². The number of amides is 3. The van der Waals surface area contributed by atoms with Gasteiger partial charge in [0, 0.05) is 55.0 Å². The standard InChI is InChI=1S/C37H35ClF3N3O5S/c38-26-10-8-23(9-11-26)19-30(42-35(47)33-21-31(45)29-20-27(50-37(39,40)41)12-13-32(29)49-33)36(48)43-17-14-24(15-18-43)28-6-2-1-5-25(28)22-44-16-4-3-7-34(44)46/h1-2,5-6,8-13,20-21,24,30H,3-4,7,14-19,22H2,(H,42,47)/t30-/m0/s1. The summed E-state index contributed by atoms with van der Waals surface area (Å²) in [6.07, 6.45) is 4.05. The molecule has 0 saturated carbocycles. The summed E-state index contributed by atoms with van der Waals surface area (Å²) < 4.78 is 44.3. The van der Waals surface area contributed by atoms with Crippen molar-refractivity contribution in [1.29, 1.82) is 0 Å². The largest absolute Gasteiger partial charge is 0.451 e. The normalized spacial score (nSPS) is 16.4. The summed E-state index contributed by atoms with van der Waals surface area (Å²) in [5, 5.41) is 3.16. The molecule has 1 N–H and O–H groups in total. The van der Waals surface area contributed by atoms with E-state index in [1.807, 2.05) is 17.0 Å². The van der Waals surface area contributed by atoms with Crippen molar-refractivity contribution in [2.24, 2.45) is 0 Å². The summed E-state index contributed by atoms with van der Waals surface area (Å²) >= 11 is 5.72. The van der Waals surface area contributed by atoms with E-state index in [1.165, 1.54) is 11.6 Å². The van der Waals surface area contributed by atoms with Crippen LogP contribution in [0.2, 0.25) is 5.02 Å². The summed E-state index contributed by atoms with van der Waals surface area (Å²) in [5.74, 6) is -1.09. The maximum atomic E-state index is 14.0. The van der Waals surface area contributed by atoms with Crippen LogP contribution in [0.1, 0.15) is 65.3 Å². The van der Waals surface area contributed by atoms with Gasteiger partial charge in [0.2, 0.25) is 11.8 Å². The van der Waals surface area contributed by atoms with Gasteiger partial charge in [0.15, 0.2) is 11.2 Å². The van der Waals surface area contributed by atoms with E-state index in [4.69, 9.17) is 16.0 Å². The van der Waals surface area contributed by atoms with E-state index in [2.05, 4.69) is 17.4 Å². The van der Waals surface area contributed by atoms with Gasteiger partial charge >= 0.3 is 5.51 Å². The zero-order valence-corrected chi connectivity index (χ0v) is 28.6. The van der Waals surface area contributed by atoms with Crippen molar-refractivity contribution >= 4 is 52.1 Å². The molecule has 2 aliphatic rings. The van der Waals surface area contributed by atoms with Gasteiger partial charge in [-0.3, -0.25) is 19.2 Å². The first-order valence-electron chi connectivity index (χ1n) is 16.5. The average Bonchev–Trinajstić information content (AvgIpc) is 3.09. The Morgan fingerprint density at radius 2 is 1.70 bits per heavy atom. The van der Waals surface area contributed by atoms with E-state index in [9.17, 15) is 32.3 Å². The zero-order chi connectivity index (χ0) is 35.4. The molecule has 262 valence electrons. The van der Waals surface area contributed by atoms with Crippen LogP contribution in [0.15, 0.2) is 86.9 Å². The number of alkyl halides is 3. The Morgan fingerprint density at radius 1 is 0.960 bits per heavy atom. The monoisotopic (exact) mass is 725 g/mol. The molecular formula is C37H35ClF3N3O5S. The fourth-order valence-electron chi connectivity index (χ4n) is 6.67. The maximum Gasteiger partial charge on any atom is 0.446 e. The lowest BCUT2D eigenvalue weighted by molar-refractivity contribution is -0.135. The Hall–Kier alpha value is -4.29. The van der Waals surface area contributed by atoms with E-state index in [0.29, 0.717) is 43.9 Å². The summed E-state index contributed by atoms with van der Waals surface area (Å²) in [6.45, 7) is 2.24. The number of nitrogens with one attached hydrogen (secondary N) is 1. The van der Waals surface area contributed by atoms with E-state index < -0.39 is 22.9 Å². The van der Waals surface area contributed by atoms with Crippen molar-refractivity contribution in [3.8, 4) is 0 Å². The quantitative estimate of drug-likeness (QED) is 0.182. The fraction of sp³-hybridized carbons (Fsp3) is 0.351. The molecule has 1 atom stereocenters. The average molecular weight is 726 g/mol. The van der Waals surface area contributed by atoms with Gasteiger partial charge in [0.1, 0.15) is 11.6 Å². The van der Waals surface area contributed by atoms with Gasteiger partial charge in [-0.2, -0.15) is 13.2 Å². The Labute approximate surface area is 295 Å². The third-order valence-electron chi connectivity index (χ3n) is 9.20. The van der Waals surface area contributed by atoms with E-state index in [0.717, 1.165) is 48.7 Å². The van der Waals surface area contributed by atoms with Gasteiger partial charge in [-0.15, -0.1) is 0 Å². The second-order valence-corrected chi connectivity index (χ2v) is 14.2. The number of rotatable bonds is 9. The lowest BCUT2D eigenvalue weighted by Gasteiger charge is -2.36. The van der Waals surface area contributed by atoms with E-state index >= 15 is 0 Å². The molecule has 0 unspecified atom stereocenters. The van der Waals surface area contributed by atoms with Gasteiger partial charge < -0.3 is 19.5 Å². The second-order valence-electron chi connectivity index (χ2n) is 12.6. The van der Waals surface area contributed by atoms with Crippen molar-refractivity contribution in [1.82, 2.24) is 15.1 Å². The highest BCUT2D eigenvalue weighted by molar-refractivity contribution is 8.00. The molecule has 3 heterocycles. The first-order chi connectivity index (χ1) is 23.9. The minimum atomic E-state index is -4.53. The summed E-state index contributed by atoms with van der Waals surface area (Å²) in [5.41, 5.74) is -2.23. The van der Waals surface area contributed by atoms with Crippen LogP contribution >= 0.6 is 23.4 Å². The Morgan fingerprint density at radius 3 is 2.42 bits per heavy atom. The lowest BCUT2D eigenvalue weighted by atomic mass is 9.86. The highest BCUT2D eigenvalue weighted by atomic mass is 35.5. The van der Waals surface area contributed by atoms with Crippen LogP contribution in [0, 0.1) is 0 Å². The number of halogens is 4. The van der Waals surface area contributed by atoms with Crippen LogP contribution in [0.4, 0.5) is 13.2 Å². The maximum absolute atomic E-state index is 14.0. The number of thioether (sulfide) groups is 1. The summed E-state index contributed by atoms with van der Waals surface area (Å²) in [6, 6.07) is 18.4. The molecule has 3 aromatic carbocycles. The van der Waals surface area contributed by atoms with Crippen LogP contribution < -0.4 is 10.7 Å². The molecule has 6 rings (SSSR count). The van der Waals surface area contributed by atoms with Gasteiger partial charge in [-0.1, -0.05) is 48.0 Å². The minimum absolute atomic E-state index is 0.0539. The highest BCUT2D eigenvalue weighted by Gasteiger charge is 2.32. The van der Waals surface area contributed by atoms with Crippen LogP contribution in [0.5, 0.6) is 0 Å². The predicted molar refractivity (Wildman–Crippen MR) is 185 cm³/mol. The highest BCUT2D eigenvalue weighted by Crippen LogP contribution is 2.37. The molecule has 2 fully saturated rings. The smallest absolute Gasteiger partial charge is 0.446 e. The zero-order valence-electron chi connectivity index (χ0n) is 27.0. The number of fused-ring (bicyclic) bond motifs is 1. The molecule has 0 bridgehead atoms. The minimum Gasteiger partial charge on any atom is -0.451 e. The second kappa shape index (κ2) is 15.3. The van der Waals surface area contributed by atoms with Crippen molar-refractivity contribution in [3.63, 3.8) is 0 Å². The first kappa shape index (κ1) is 35.5. The van der Waals surface area contributed by atoms with Gasteiger partial charge in [-0.25, -0.2) is 0 Å². The van der Waals surface area contributed by atoms with Crippen molar-refractivity contribution in [2.75, 3.05) is 19.6 Å². The van der Waals surface area contributed by atoms with E-state index in [-0.39, 0.29) is 57.5 Å². The lowest BCUT2D eigenvalue weighted by Crippen LogP contribution is -2.51. The van der Waals surface area contributed by atoms with Crippen LogP contribution in [0.3, 0.4) is 0 Å². The molecule has 0 radical (unpaired) electrons. The molecule has 2 aliphatic heterocycles. The van der Waals surface area contributed by atoms with E-state index in [1.54, 1.807) is 29.2 Å². The summed E-state index contributed by atoms with van der Waals surface area (Å²) in [7, 11) is 0. The number of carbonyl (C=O) groups excluding carboxylic acids is 3. The Kier molecular flexibility index (Phi) is 10.9. The van der Waals surface area contributed by atoms with Gasteiger partial charge in [-0.05, 0) is 90.4 Å².